The van der Waals surface area contributed by atoms with Gasteiger partial charge in [-0.25, -0.2) is 8.78 Å². The molecule has 4 rings (SSSR count). The molecule has 0 bridgehead atoms. The average molecular weight is 467 g/mol. The number of nitrogens with one attached hydrogen (secondary N) is 1. The normalized spacial score (nSPS) is 14.5. The Morgan fingerprint density at radius 1 is 1.06 bits per heavy atom. The van der Waals surface area contributed by atoms with Gasteiger partial charge in [-0.15, -0.1) is 0 Å². The van der Waals surface area contributed by atoms with Crippen LogP contribution in [0.3, 0.4) is 0 Å². The first-order valence-corrected chi connectivity index (χ1v) is 10.4. The van der Waals surface area contributed by atoms with E-state index in [1.54, 1.807) is 24.3 Å². The Bertz CT molecular complexity index is 1280. The molecule has 1 heterocycles. The van der Waals surface area contributed by atoms with Crippen LogP contribution < -0.4 is 19.7 Å². The Balaban J connectivity index is 1.58. The van der Waals surface area contributed by atoms with Crippen LogP contribution in [0.15, 0.2) is 66.4 Å². The van der Waals surface area contributed by atoms with Crippen molar-refractivity contribution in [3.05, 3.63) is 94.7 Å². The summed E-state index contributed by atoms with van der Waals surface area (Å²) in [6.07, 6.45) is 1.67. The molecule has 0 saturated carbocycles. The van der Waals surface area contributed by atoms with Crippen molar-refractivity contribution in [3.8, 4) is 11.5 Å². The summed E-state index contributed by atoms with van der Waals surface area (Å²) in [5, 5.41) is 3.25. The minimum atomic E-state index is -0.794. The van der Waals surface area contributed by atoms with Crippen molar-refractivity contribution < 1.29 is 23.0 Å². The third-order valence-corrected chi connectivity index (χ3v) is 5.32. The van der Waals surface area contributed by atoms with Gasteiger partial charge in [0.1, 0.15) is 23.9 Å². The number of ether oxygens (including phenoxy) is 2. The maximum absolute atomic E-state index is 13.9. The first-order valence-electron chi connectivity index (χ1n) is 10.0. The lowest BCUT2D eigenvalue weighted by Gasteiger charge is -2.14. The van der Waals surface area contributed by atoms with Crippen molar-refractivity contribution >= 4 is 35.0 Å². The minimum absolute atomic E-state index is 0.0159. The zero-order valence-corrected chi connectivity index (χ0v) is 18.7. The Morgan fingerprint density at radius 2 is 1.85 bits per heavy atom. The van der Waals surface area contributed by atoms with Crippen LogP contribution in [0.25, 0.3) is 6.08 Å². The maximum atomic E-state index is 13.9. The molecule has 0 aromatic heterocycles. The quantitative estimate of drug-likeness (QED) is 0.404. The lowest BCUT2D eigenvalue weighted by molar-refractivity contribution is -0.113. The summed E-state index contributed by atoms with van der Waals surface area (Å²) in [6.45, 7) is 1.92. The van der Waals surface area contributed by atoms with Crippen LogP contribution in [0.4, 0.5) is 14.5 Å². The molecule has 33 heavy (non-hydrogen) atoms. The smallest absolute Gasteiger partial charge is 0.281 e. The fraction of sp³-hybridized carbons (Fsp3) is 0.120. The maximum Gasteiger partial charge on any atom is 0.281 e. The van der Waals surface area contributed by atoms with E-state index in [9.17, 15) is 13.6 Å². The van der Waals surface area contributed by atoms with Gasteiger partial charge in [0, 0.05) is 11.6 Å². The predicted molar refractivity (Wildman–Crippen MR) is 126 cm³/mol. The second kappa shape index (κ2) is 9.38. The Labute approximate surface area is 195 Å². The molecule has 1 aliphatic heterocycles. The number of benzene rings is 3. The predicted octanol–water partition coefficient (Wildman–Crippen LogP) is 5.12. The molecule has 168 valence electrons. The number of hydrogen-bond acceptors (Lipinski definition) is 4. The van der Waals surface area contributed by atoms with Crippen LogP contribution in [0.1, 0.15) is 16.7 Å². The average Bonchev–Trinajstić information content (AvgIpc) is 3.06. The van der Waals surface area contributed by atoms with Crippen molar-refractivity contribution in [1.82, 2.24) is 5.32 Å². The van der Waals surface area contributed by atoms with Crippen molar-refractivity contribution in [1.29, 1.82) is 0 Å². The number of hydrogen-bond donors (Lipinski definition) is 1. The number of methoxy groups -OCH3 is 1. The first-order chi connectivity index (χ1) is 15.9. The largest absolute Gasteiger partial charge is 0.496 e. The van der Waals surface area contributed by atoms with Crippen LogP contribution >= 0.6 is 12.2 Å². The third-order valence-electron chi connectivity index (χ3n) is 5.03. The Kier molecular flexibility index (Phi) is 6.37. The van der Waals surface area contributed by atoms with Gasteiger partial charge in [0.25, 0.3) is 5.91 Å². The van der Waals surface area contributed by atoms with Crippen LogP contribution in [-0.4, -0.2) is 18.1 Å². The molecule has 1 amide bonds. The highest BCUT2D eigenvalue weighted by atomic mass is 32.1. The van der Waals surface area contributed by atoms with Gasteiger partial charge in [0.05, 0.1) is 12.8 Å². The number of carbonyl (C=O) groups excluding carboxylic acids is 1. The topological polar surface area (TPSA) is 50.8 Å². The third kappa shape index (κ3) is 4.85. The number of amides is 1. The van der Waals surface area contributed by atoms with Gasteiger partial charge in [-0.3, -0.25) is 9.69 Å². The van der Waals surface area contributed by atoms with E-state index in [1.807, 2.05) is 31.2 Å². The summed E-state index contributed by atoms with van der Waals surface area (Å²) >= 11 is 5.37. The van der Waals surface area contributed by atoms with E-state index in [-0.39, 0.29) is 18.3 Å². The minimum Gasteiger partial charge on any atom is -0.496 e. The van der Waals surface area contributed by atoms with E-state index in [0.29, 0.717) is 33.4 Å². The lowest BCUT2D eigenvalue weighted by atomic mass is 10.1. The lowest BCUT2D eigenvalue weighted by Crippen LogP contribution is -2.30. The van der Waals surface area contributed by atoms with Gasteiger partial charge >= 0.3 is 0 Å². The monoisotopic (exact) mass is 466 g/mol. The van der Waals surface area contributed by atoms with Crippen LogP contribution in [0.5, 0.6) is 11.5 Å². The summed E-state index contributed by atoms with van der Waals surface area (Å²) in [5.74, 6) is -1.29. The van der Waals surface area contributed by atoms with Gasteiger partial charge < -0.3 is 14.8 Å². The highest BCUT2D eigenvalue weighted by molar-refractivity contribution is 7.80. The number of halogens is 2. The SMILES string of the molecule is COc1ccc(/C=C2/NC(=S)N(c3cccc(C)c3)C2=O)cc1COc1ccc(F)cc1F. The molecule has 1 fully saturated rings. The molecule has 1 aliphatic rings. The molecule has 1 N–H and O–H groups in total. The summed E-state index contributed by atoms with van der Waals surface area (Å²) in [4.78, 5) is 14.4. The molecule has 0 radical (unpaired) electrons. The summed E-state index contributed by atoms with van der Waals surface area (Å²) < 4.78 is 37.9. The van der Waals surface area contributed by atoms with Crippen LogP contribution in [-0.2, 0) is 11.4 Å². The highest BCUT2D eigenvalue weighted by Crippen LogP contribution is 2.27. The second-order valence-corrected chi connectivity index (χ2v) is 7.79. The number of rotatable bonds is 6. The highest BCUT2D eigenvalue weighted by Gasteiger charge is 2.32. The zero-order chi connectivity index (χ0) is 23.5. The van der Waals surface area contributed by atoms with E-state index < -0.39 is 11.6 Å². The molecular formula is C25H20F2N2O3S. The van der Waals surface area contributed by atoms with Crippen molar-refractivity contribution in [2.75, 3.05) is 12.0 Å². The summed E-state index contributed by atoms with van der Waals surface area (Å²) in [6, 6.07) is 15.9. The molecule has 0 atom stereocenters. The van der Waals surface area contributed by atoms with E-state index in [4.69, 9.17) is 21.7 Å². The van der Waals surface area contributed by atoms with Crippen molar-refractivity contribution in [2.24, 2.45) is 0 Å². The van der Waals surface area contributed by atoms with Gasteiger partial charge in [0.15, 0.2) is 16.7 Å². The summed E-state index contributed by atoms with van der Waals surface area (Å²) in [7, 11) is 1.51. The number of thiocarbonyl (C=S) groups is 1. The number of nitrogens with zero attached hydrogens (tertiary/aromatic N) is 1. The molecule has 0 unspecified atom stereocenters. The molecule has 3 aromatic carbocycles. The number of carbonyl (C=O) groups is 1. The molecule has 3 aromatic rings. The Morgan fingerprint density at radius 3 is 2.58 bits per heavy atom. The molecule has 1 saturated heterocycles. The van der Waals surface area contributed by atoms with Gasteiger partial charge in [-0.1, -0.05) is 18.2 Å². The first kappa shape index (κ1) is 22.4. The van der Waals surface area contributed by atoms with Crippen molar-refractivity contribution in [2.45, 2.75) is 13.5 Å². The van der Waals surface area contributed by atoms with E-state index in [2.05, 4.69) is 5.32 Å². The summed E-state index contributed by atoms with van der Waals surface area (Å²) in [5.41, 5.74) is 3.34. The zero-order valence-electron chi connectivity index (χ0n) is 17.9. The van der Waals surface area contributed by atoms with Crippen LogP contribution in [0.2, 0.25) is 0 Å². The number of anilines is 1. The van der Waals surface area contributed by atoms with E-state index in [1.165, 1.54) is 18.1 Å². The van der Waals surface area contributed by atoms with Gasteiger partial charge in [0.2, 0.25) is 0 Å². The molecule has 5 nitrogen and oxygen atoms in total. The number of aryl methyl sites for hydroxylation is 1. The van der Waals surface area contributed by atoms with E-state index in [0.717, 1.165) is 17.7 Å². The van der Waals surface area contributed by atoms with Gasteiger partial charge in [-0.2, -0.15) is 0 Å². The van der Waals surface area contributed by atoms with Crippen LogP contribution in [0, 0.1) is 18.6 Å². The molecular weight excluding hydrogens is 446 g/mol. The fourth-order valence-electron chi connectivity index (χ4n) is 3.45. The second-order valence-electron chi connectivity index (χ2n) is 7.40. The molecule has 8 heteroatoms. The Hall–Kier alpha value is -3.78. The molecule has 0 aliphatic carbocycles. The van der Waals surface area contributed by atoms with E-state index >= 15 is 0 Å². The van der Waals surface area contributed by atoms with Crippen molar-refractivity contribution in [3.63, 3.8) is 0 Å². The molecule has 0 spiro atoms. The fourth-order valence-corrected chi connectivity index (χ4v) is 3.75. The standard InChI is InChI=1S/C25H20F2N2O3S/c1-15-4-3-5-19(10-15)29-24(30)21(28-25(29)33)12-16-6-8-22(31-2)17(11-16)14-32-23-9-7-18(26)13-20(23)27/h3-13H,14H2,1-2H3,(H,28,33)/b21-12+. The van der Waals surface area contributed by atoms with Gasteiger partial charge in [-0.05, 0) is 72.7 Å².